The largest absolute Gasteiger partial charge is 0.508 e. The van der Waals surface area contributed by atoms with Crippen molar-refractivity contribution in [2.45, 2.75) is 12.8 Å². The maximum atomic E-state index is 9.42. The molecule has 5 heteroatoms. The molecule has 0 atom stereocenters. The van der Waals surface area contributed by atoms with Crippen LogP contribution in [-0.2, 0) is 0 Å². The Labute approximate surface area is 135 Å². The van der Waals surface area contributed by atoms with E-state index in [1.807, 2.05) is 24.3 Å². The highest BCUT2D eigenvalue weighted by Gasteiger charge is 2.15. The topological polar surface area (TPSA) is 69.9 Å². The van der Waals surface area contributed by atoms with E-state index in [-0.39, 0.29) is 5.75 Å². The van der Waals surface area contributed by atoms with Crippen LogP contribution in [0.3, 0.4) is 0 Å². The van der Waals surface area contributed by atoms with E-state index >= 15 is 0 Å². The maximum Gasteiger partial charge on any atom is 0.115 e. The molecule has 0 saturated carbocycles. The van der Waals surface area contributed by atoms with Crippen molar-refractivity contribution in [1.29, 1.82) is 0 Å². The normalized spacial score (nSPS) is 16.2. The lowest BCUT2D eigenvalue weighted by Crippen LogP contribution is -2.22. The van der Waals surface area contributed by atoms with Gasteiger partial charge in [0.2, 0.25) is 0 Å². The lowest BCUT2D eigenvalue weighted by atomic mass is 9.99. The van der Waals surface area contributed by atoms with Crippen molar-refractivity contribution in [3.63, 3.8) is 0 Å². The first-order chi connectivity index (χ1) is 11.3. The molecule has 2 N–H and O–H groups in total. The summed E-state index contributed by atoms with van der Waals surface area (Å²) in [6.45, 7) is 2.32. The summed E-state index contributed by atoms with van der Waals surface area (Å²) in [5.74, 6) is 0.269. The molecule has 2 aromatic rings. The highest BCUT2D eigenvalue weighted by molar-refractivity contribution is 6.48. The Balaban J connectivity index is 1.64. The summed E-state index contributed by atoms with van der Waals surface area (Å²) in [7, 11) is 0. The summed E-state index contributed by atoms with van der Waals surface area (Å²) in [6, 6.07) is 11.0. The van der Waals surface area contributed by atoms with Crippen molar-refractivity contribution in [3.8, 4) is 5.75 Å². The number of nitrogens with zero attached hydrogens (tertiary/aromatic N) is 3. The quantitative estimate of drug-likeness (QED) is 0.834. The van der Waals surface area contributed by atoms with Gasteiger partial charge in [-0.3, -0.25) is 15.0 Å². The van der Waals surface area contributed by atoms with Gasteiger partial charge in [0.15, 0.2) is 0 Å². The first-order valence-corrected chi connectivity index (χ1v) is 7.84. The van der Waals surface area contributed by atoms with Gasteiger partial charge in [-0.05, 0) is 49.2 Å². The lowest BCUT2D eigenvalue weighted by molar-refractivity contribution is 0.475. The number of aromatic nitrogens is 1. The number of hydrogen-bond donors (Lipinski definition) is 2. The Morgan fingerprint density at radius 3 is 2.65 bits per heavy atom. The Morgan fingerprint density at radius 2 is 1.87 bits per heavy atom. The number of anilines is 1. The van der Waals surface area contributed by atoms with Crippen LogP contribution in [0.4, 0.5) is 5.69 Å². The van der Waals surface area contributed by atoms with Crippen LogP contribution in [0.2, 0.25) is 0 Å². The summed E-state index contributed by atoms with van der Waals surface area (Å²) < 4.78 is 0. The van der Waals surface area contributed by atoms with Crippen molar-refractivity contribution in [1.82, 2.24) is 4.98 Å². The predicted molar refractivity (Wildman–Crippen MR) is 93.8 cm³/mol. The third-order valence-corrected chi connectivity index (χ3v) is 3.68. The Morgan fingerprint density at radius 1 is 1.09 bits per heavy atom. The predicted octanol–water partition coefficient (Wildman–Crippen LogP) is 2.92. The van der Waals surface area contributed by atoms with Crippen LogP contribution in [0, 0.1) is 0 Å². The molecule has 0 fully saturated rings. The molecular formula is C18H20N4O. The van der Waals surface area contributed by atoms with E-state index in [0.29, 0.717) is 6.54 Å². The Kier molecular flexibility index (Phi) is 4.99. The molecule has 2 heterocycles. The zero-order valence-corrected chi connectivity index (χ0v) is 12.9. The molecule has 0 amide bonds. The number of phenolic OH excluding ortho intramolecular Hbond substituents is 1. The minimum absolute atomic E-state index is 0.269. The smallest absolute Gasteiger partial charge is 0.115 e. The van der Waals surface area contributed by atoms with E-state index in [9.17, 15) is 5.11 Å². The summed E-state index contributed by atoms with van der Waals surface area (Å²) in [6.07, 6.45) is 5.53. The summed E-state index contributed by atoms with van der Waals surface area (Å²) in [5, 5.41) is 12.7. The summed E-state index contributed by atoms with van der Waals surface area (Å²) in [4.78, 5) is 13.3. The van der Waals surface area contributed by atoms with Gasteiger partial charge in [0, 0.05) is 36.7 Å². The zero-order valence-electron chi connectivity index (χ0n) is 12.9. The molecule has 0 aliphatic carbocycles. The number of phenols is 1. The first kappa shape index (κ1) is 15.2. The molecule has 0 bridgehead atoms. The molecule has 1 aromatic heterocycles. The van der Waals surface area contributed by atoms with E-state index in [2.05, 4.69) is 15.3 Å². The fourth-order valence-corrected chi connectivity index (χ4v) is 2.54. The van der Waals surface area contributed by atoms with Crippen molar-refractivity contribution < 1.29 is 5.11 Å². The number of rotatable bonds is 5. The van der Waals surface area contributed by atoms with Crippen LogP contribution < -0.4 is 5.32 Å². The number of pyridine rings is 1. The van der Waals surface area contributed by atoms with Gasteiger partial charge >= 0.3 is 0 Å². The van der Waals surface area contributed by atoms with Gasteiger partial charge in [0.25, 0.3) is 0 Å². The Bertz CT molecular complexity index is 693. The number of aromatic hydroxyl groups is 1. The first-order valence-electron chi connectivity index (χ1n) is 7.84. The molecule has 23 heavy (non-hydrogen) atoms. The summed E-state index contributed by atoms with van der Waals surface area (Å²) in [5.41, 5.74) is 4.08. The maximum absolute atomic E-state index is 9.42. The lowest BCUT2D eigenvalue weighted by Gasteiger charge is -2.15. The molecule has 118 valence electrons. The fraction of sp³-hybridized carbons (Fsp3) is 0.278. The second-order valence-electron chi connectivity index (χ2n) is 5.37. The van der Waals surface area contributed by atoms with Gasteiger partial charge < -0.3 is 10.4 Å². The summed E-state index contributed by atoms with van der Waals surface area (Å²) >= 11 is 0. The second kappa shape index (κ2) is 7.54. The number of aliphatic imine (C=N–C) groups is 2. The monoisotopic (exact) mass is 308 g/mol. The number of benzene rings is 1. The van der Waals surface area contributed by atoms with E-state index in [1.54, 1.807) is 24.5 Å². The van der Waals surface area contributed by atoms with Gasteiger partial charge in [-0.15, -0.1) is 0 Å². The molecule has 5 nitrogen and oxygen atoms in total. The van der Waals surface area contributed by atoms with Crippen molar-refractivity contribution >= 4 is 17.1 Å². The molecule has 1 aromatic carbocycles. The van der Waals surface area contributed by atoms with E-state index < -0.39 is 0 Å². The Hall–Kier alpha value is -2.69. The van der Waals surface area contributed by atoms with Crippen molar-refractivity contribution in [2.24, 2.45) is 9.98 Å². The average Bonchev–Trinajstić information content (AvgIpc) is 2.61. The molecule has 3 rings (SSSR count). The third kappa shape index (κ3) is 4.16. The van der Waals surface area contributed by atoms with E-state index in [4.69, 9.17) is 4.99 Å². The van der Waals surface area contributed by atoms with Gasteiger partial charge in [-0.1, -0.05) is 0 Å². The van der Waals surface area contributed by atoms with Crippen LogP contribution in [0.1, 0.15) is 18.4 Å². The standard InChI is InChI=1S/C18H20N4O/c23-16-5-3-14(4-6-16)18-17(2-1-9-22-18)21-13-12-20-15-7-10-19-11-8-15/h3-8,10-11,23H,1-2,9,12-13H2,(H,19,20). The minimum Gasteiger partial charge on any atom is -0.508 e. The molecular weight excluding hydrogens is 288 g/mol. The van der Waals surface area contributed by atoms with Crippen LogP contribution >= 0.6 is 0 Å². The molecule has 1 aliphatic heterocycles. The average molecular weight is 308 g/mol. The van der Waals surface area contributed by atoms with Gasteiger partial charge in [-0.2, -0.15) is 0 Å². The van der Waals surface area contributed by atoms with Crippen LogP contribution in [0.15, 0.2) is 58.8 Å². The number of hydrogen-bond acceptors (Lipinski definition) is 5. The van der Waals surface area contributed by atoms with Crippen LogP contribution in [0.5, 0.6) is 5.75 Å². The fourth-order valence-electron chi connectivity index (χ4n) is 2.54. The van der Waals surface area contributed by atoms with Crippen molar-refractivity contribution in [3.05, 3.63) is 54.4 Å². The van der Waals surface area contributed by atoms with Gasteiger partial charge in [0.1, 0.15) is 5.75 Å². The zero-order chi connectivity index (χ0) is 15.9. The molecule has 0 unspecified atom stereocenters. The number of nitrogens with one attached hydrogen (secondary N) is 1. The van der Waals surface area contributed by atoms with E-state index in [0.717, 1.165) is 48.6 Å². The van der Waals surface area contributed by atoms with E-state index in [1.165, 1.54) is 0 Å². The van der Waals surface area contributed by atoms with Crippen molar-refractivity contribution in [2.75, 3.05) is 25.0 Å². The molecule has 0 spiro atoms. The van der Waals surface area contributed by atoms with Crippen LogP contribution in [-0.4, -0.2) is 41.1 Å². The highest BCUT2D eigenvalue weighted by atomic mass is 16.3. The second-order valence-corrected chi connectivity index (χ2v) is 5.37. The van der Waals surface area contributed by atoms with Gasteiger partial charge in [-0.25, -0.2) is 0 Å². The SMILES string of the molecule is Oc1ccc(C2=NCCCC2=NCCNc2ccncc2)cc1. The molecule has 1 aliphatic rings. The van der Waals surface area contributed by atoms with Crippen LogP contribution in [0.25, 0.3) is 0 Å². The molecule has 0 saturated heterocycles. The van der Waals surface area contributed by atoms with Gasteiger partial charge in [0.05, 0.1) is 18.0 Å². The highest BCUT2D eigenvalue weighted by Crippen LogP contribution is 2.15. The third-order valence-electron chi connectivity index (χ3n) is 3.68. The molecule has 0 radical (unpaired) electrons. The minimum atomic E-state index is 0.269.